The fourth-order valence-corrected chi connectivity index (χ4v) is 3.11. The van der Waals surface area contributed by atoms with E-state index in [4.69, 9.17) is 19.3 Å². The maximum Gasteiger partial charge on any atom is 0.187 e. The van der Waals surface area contributed by atoms with Gasteiger partial charge >= 0.3 is 0 Å². The summed E-state index contributed by atoms with van der Waals surface area (Å²) in [5.41, 5.74) is 0. The van der Waals surface area contributed by atoms with Gasteiger partial charge in [0.05, 0.1) is 12.7 Å². The monoisotopic (exact) mass is 342 g/mol. The minimum absolute atomic E-state index is 0.430. The second kappa shape index (κ2) is 7.71. The van der Waals surface area contributed by atoms with Crippen LogP contribution in [0.1, 0.15) is 0 Å². The standard InChI is InChI=1S/C12H22O9S/c1-22-3-5-7(15)9(17)12(20-5)21-10-8(16)6(14)4(2-13)19-11(10)18/h4-18H,2-3H2,1H3/t4?,5-,6?,7?,8-,9?,10?,11-,12-/m0/s1. The summed E-state index contributed by atoms with van der Waals surface area (Å²) in [5.74, 6) is 0.430. The van der Waals surface area contributed by atoms with Gasteiger partial charge in [-0.3, -0.25) is 0 Å². The van der Waals surface area contributed by atoms with E-state index in [9.17, 15) is 25.5 Å². The summed E-state index contributed by atoms with van der Waals surface area (Å²) in [6.45, 7) is -0.584. The minimum Gasteiger partial charge on any atom is -0.394 e. The zero-order valence-electron chi connectivity index (χ0n) is 11.9. The molecule has 9 atom stereocenters. The molecule has 0 amide bonds. The Bertz CT molecular complexity index is 359. The summed E-state index contributed by atoms with van der Waals surface area (Å²) >= 11 is 1.41. The average Bonchev–Trinajstić information content (AvgIpc) is 2.76. The SMILES string of the molecule is CSC[C@@H]1O[C@@H](OC2[C@@H](O)C(O)C(CO)O[C@@H]2O)C(O)C1O. The molecule has 2 fully saturated rings. The van der Waals surface area contributed by atoms with Crippen molar-refractivity contribution in [1.82, 2.24) is 0 Å². The van der Waals surface area contributed by atoms with Gasteiger partial charge in [0.25, 0.3) is 0 Å². The molecule has 2 rings (SSSR count). The Kier molecular flexibility index (Phi) is 6.42. The number of ether oxygens (including phenoxy) is 3. The first-order valence-corrected chi connectivity index (χ1v) is 8.26. The van der Waals surface area contributed by atoms with Gasteiger partial charge in [-0.1, -0.05) is 0 Å². The van der Waals surface area contributed by atoms with Crippen LogP contribution in [-0.2, 0) is 14.2 Å². The highest BCUT2D eigenvalue weighted by Crippen LogP contribution is 2.29. The third-order valence-electron chi connectivity index (χ3n) is 3.78. The van der Waals surface area contributed by atoms with Crippen molar-refractivity contribution >= 4 is 11.8 Å². The van der Waals surface area contributed by atoms with E-state index in [1.54, 1.807) is 0 Å². The van der Waals surface area contributed by atoms with Crippen LogP contribution < -0.4 is 0 Å². The molecule has 0 aromatic carbocycles. The van der Waals surface area contributed by atoms with E-state index >= 15 is 0 Å². The molecule has 6 N–H and O–H groups in total. The molecule has 5 unspecified atom stereocenters. The fraction of sp³-hybridized carbons (Fsp3) is 1.00. The van der Waals surface area contributed by atoms with Crippen LogP contribution in [0.4, 0.5) is 0 Å². The highest BCUT2D eigenvalue weighted by molar-refractivity contribution is 7.98. The molecule has 2 saturated heterocycles. The lowest BCUT2D eigenvalue weighted by molar-refractivity contribution is -0.326. The Morgan fingerprint density at radius 2 is 1.55 bits per heavy atom. The molecular weight excluding hydrogens is 320 g/mol. The average molecular weight is 342 g/mol. The number of rotatable bonds is 5. The summed E-state index contributed by atoms with van der Waals surface area (Å²) in [4.78, 5) is 0. The number of aliphatic hydroxyl groups is 6. The first-order valence-electron chi connectivity index (χ1n) is 6.87. The van der Waals surface area contributed by atoms with Gasteiger partial charge in [-0.2, -0.15) is 11.8 Å². The van der Waals surface area contributed by atoms with Crippen LogP contribution in [0, 0.1) is 0 Å². The quantitative estimate of drug-likeness (QED) is 0.299. The highest BCUT2D eigenvalue weighted by Gasteiger charge is 2.49. The maximum absolute atomic E-state index is 9.96. The Balaban J connectivity index is 2.00. The van der Waals surface area contributed by atoms with Crippen LogP contribution in [0.15, 0.2) is 0 Å². The van der Waals surface area contributed by atoms with Gasteiger partial charge in [0.2, 0.25) is 0 Å². The number of hydrogen-bond donors (Lipinski definition) is 6. The van der Waals surface area contributed by atoms with Crippen molar-refractivity contribution in [1.29, 1.82) is 0 Å². The van der Waals surface area contributed by atoms with Crippen molar-refractivity contribution in [3.8, 4) is 0 Å². The third kappa shape index (κ3) is 3.56. The van der Waals surface area contributed by atoms with Gasteiger partial charge in [-0.15, -0.1) is 0 Å². The summed E-state index contributed by atoms with van der Waals surface area (Å²) in [6.07, 6.45) is -9.81. The molecule has 0 bridgehead atoms. The van der Waals surface area contributed by atoms with E-state index in [2.05, 4.69) is 0 Å². The van der Waals surface area contributed by atoms with Crippen LogP contribution in [0.5, 0.6) is 0 Å². The molecule has 0 radical (unpaired) electrons. The van der Waals surface area contributed by atoms with Crippen molar-refractivity contribution < 1.29 is 44.8 Å². The van der Waals surface area contributed by atoms with Crippen molar-refractivity contribution in [2.75, 3.05) is 18.6 Å². The molecule has 130 valence electrons. The Morgan fingerprint density at radius 1 is 0.909 bits per heavy atom. The molecule has 0 aromatic heterocycles. The molecular formula is C12H22O9S. The van der Waals surface area contributed by atoms with E-state index in [0.29, 0.717) is 5.75 Å². The second-order valence-electron chi connectivity index (χ2n) is 5.31. The predicted molar refractivity (Wildman–Crippen MR) is 73.9 cm³/mol. The van der Waals surface area contributed by atoms with E-state index in [1.165, 1.54) is 11.8 Å². The molecule has 22 heavy (non-hydrogen) atoms. The Labute approximate surface area is 131 Å². The van der Waals surface area contributed by atoms with Gasteiger partial charge in [0.15, 0.2) is 12.6 Å². The summed E-state index contributed by atoms with van der Waals surface area (Å²) < 4.78 is 15.6. The maximum atomic E-state index is 9.96. The zero-order valence-corrected chi connectivity index (χ0v) is 12.7. The van der Waals surface area contributed by atoms with E-state index in [1.807, 2.05) is 6.26 Å². The van der Waals surface area contributed by atoms with Crippen LogP contribution in [0.25, 0.3) is 0 Å². The van der Waals surface area contributed by atoms with E-state index in [0.717, 1.165) is 0 Å². The molecule has 9 nitrogen and oxygen atoms in total. The topological polar surface area (TPSA) is 149 Å². The smallest absolute Gasteiger partial charge is 0.187 e. The molecule has 0 spiro atoms. The second-order valence-corrected chi connectivity index (χ2v) is 6.22. The lowest BCUT2D eigenvalue weighted by atomic mass is 9.99. The van der Waals surface area contributed by atoms with E-state index < -0.39 is 61.9 Å². The highest BCUT2D eigenvalue weighted by atomic mass is 32.2. The Morgan fingerprint density at radius 3 is 2.14 bits per heavy atom. The number of thioether (sulfide) groups is 1. The van der Waals surface area contributed by atoms with Crippen molar-refractivity contribution in [2.45, 2.75) is 55.3 Å². The van der Waals surface area contributed by atoms with Gasteiger partial charge in [-0.25, -0.2) is 0 Å². The predicted octanol–water partition coefficient (Wildman–Crippen LogP) is -3.39. The summed E-state index contributed by atoms with van der Waals surface area (Å²) in [5, 5.41) is 58.3. The minimum atomic E-state index is -1.62. The molecule has 2 aliphatic heterocycles. The van der Waals surface area contributed by atoms with Gasteiger partial charge in [0, 0.05) is 5.75 Å². The van der Waals surface area contributed by atoms with Crippen molar-refractivity contribution in [3.05, 3.63) is 0 Å². The van der Waals surface area contributed by atoms with Crippen LogP contribution in [0.2, 0.25) is 0 Å². The zero-order chi connectivity index (χ0) is 16.4. The van der Waals surface area contributed by atoms with Crippen LogP contribution in [0.3, 0.4) is 0 Å². The van der Waals surface area contributed by atoms with Crippen LogP contribution >= 0.6 is 11.8 Å². The number of hydrogen-bond acceptors (Lipinski definition) is 10. The lowest BCUT2D eigenvalue weighted by Gasteiger charge is -2.40. The molecule has 2 heterocycles. The van der Waals surface area contributed by atoms with Crippen LogP contribution in [-0.4, -0.2) is 105 Å². The summed E-state index contributed by atoms with van der Waals surface area (Å²) in [6, 6.07) is 0. The molecule has 0 aliphatic carbocycles. The summed E-state index contributed by atoms with van der Waals surface area (Å²) in [7, 11) is 0. The molecule has 0 aromatic rings. The van der Waals surface area contributed by atoms with Gasteiger partial charge in [0.1, 0.15) is 36.6 Å². The van der Waals surface area contributed by atoms with E-state index in [-0.39, 0.29) is 0 Å². The molecule has 2 aliphatic rings. The van der Waals surface area contributed by atoms with Gasteiger partial charge < -0.3 is 44.8 Å². The molecule has 0 saturated carbocycles. The van der Waals surface area contributed by atoms with Crippen molar-refractivity contribution in [2.24, 2.45) is 0 Å². The molecule has 10 heteroatoms. The van der Waals surface area contributed by atoms with Crippen molar-refractivity contribution in [3.63, 3.8) is 0 Å². The van der Waals surface area contributed by atoms with Gasteiger partial charge in [-0.05, 0) is 6.26 Å². The first kappa shape index (κ1) is 18.3. The Hall–Kier alpha value is -0.0100. The third-order valence-corrected chi connectivity index (χ3v) is 4.45. The largest absolute Gasteiger partial charge is 0.394 e. The number of aliphatic hydroxyl groups excluding tert-OH is 6. The normalized spacial score (nSPS) is 49.5. The first-order chi connectivity index (χ1) is 10.4. The fourth-order valence-electron chi connectivity index (χ4n) is 2.50. The lowest BCUT2D eigenvalue weighted by Crippen LogP contribution is -2.60.